The lowest BCUT2D eigenvalue weighted by Gasteiger charge is -2.07. The number of methoxy groups -OCH3 is 1. The van der Waals surface area contributed by atoms with Crippen molar-refractivity contribution in [3.63, 3.8) is 0 Å². The second-order valence-corrected chi connectivity index (χ2v) is 5.22. The molecule has 0 unspecified atom stereocenters. The molecule has 2 amide bonds. The summed E-state index contributed by atoms with van der Waals surface area (Å²) >= 11 is 0. The number of carbonyl (C=O) groups excluding carboxylic acids is 2. The zero-order valence-electron chi connectivity index (χ0n) is 14.4. The first-order valence-electron chi connectivity index (χ1n) is 7.85. The highest BCUT2D eigenvalue weighted by molar-refractivity contribution is 6.02. The van der Waals surface area contributed by atoms with Gasteiger partial charge in [0.2, 0.25) is 5.91 Å². The van der Waals surface area contributed by atoms with Crippen LogP contribution in [0.4, 0.5) is 5.69 Å². The van der Waals surface area contributed by atoms with Crippen LogP contribution < -0.4 is 10.6 Å². The number of nitrogens with one attached hydrogen (secondary N) is 2. The maximum Gasteiger partial charge on any atom is 0.354 e. The average molecular weight is 364 g/mol. The van der Waals surface area contributed by atoms with Crippen LogP contribution in [0, 0.1) is 0 Å². The fourth-order valence-electron chi connectivity index (χ4n) is 2.16. The molecular formula is C15H20N6O5. The number of anilines is 1. The van der Waals surface area contributed by atoms with Crippen LogP contribution in [-0.4, -0.2) is 62.7 Å². The highest BCUT2D eigenvalue weighted by Gasteiger charge is 2.19. The molecule has 26 heavy (non-hydrogen) atoms. The Morgan fingerprint density at radius 2 is 2.12 bits per heavy atom. The lowest BCUT2D eigenvalue weighted by Crippen LogP contribution is -2.29. The number of aryl methyl sites for hydroxylation is 1. The topological polar surface area (TPSA) is 140 Å². The molecule has 0 aliphatic rings. The number of carbonyl (C=O) groups is 3. The Kier molecular flexibility index (Phi) is 6.44. The van der Waals surface area contributed by atoms with Crippen LogP contribution in [0.2, 0.25) is 0 Å². The minimum absolute atomic E-state index is 0.0650. The Labute approximate surface area is 148 Å². The lowest BCUT2D eigenvalue weighted by molar-refractivity contribution is -0.116. The van der Waals surface area contributed by atoms with E-state index in [0.29, 0.717) is 19.7 Å². The van der Waals surface area contributed by atoms with Crippen LogP contribution in [0.3, 0.4) is 0 Å². The third-order valence-electron chi connectivity index (χ3n) is 3.40. The minimum atomic E-state index is -1.19. The molecule has 140 valence electrons. The van der Waals surface area contributed by atoms with Gasteiger partial charge in [0.1, 0.15) is 12.2 Å². The van der Waals surface area contributed by atoms with Crippen molar-refractivity contribution in [2.45, 2.75) is 20.0 Å². The van der Waals surface area contributed by atoms with Crippen molar-refractivity contribution < 1.29 is 24.2 Å². The number of ether oxygens (including phenoxy) is 1. The molecule has 0 fully saturated rings. The van der Waals surface area contributed by atoms with Crippen molar-refractivity contribution in [1.29, 1.82) is 0 Å². The number of rotatable bonds is 9. The summed E-state index contributed by atoms with van der Waals surface area (Å²) in [5, 5.41) is 22.2. The van der Waals surface area contributed by atoms with E-state index in [0.717, 1.165) is 4.68 Å². The van der Waals surface area contributed by atoms with Crippen LogP contribution in [-0.2, 0) is 22.6 Å². The normalized spacial score (nSPS) is 10.5. The first-order valence-corrected chi connectivity index (χ1v) is 7.85. The Morgan fingerprint density at radius 3 is 2.77 bits per heavy atom. The van der Waals surface area contributed by atoms with E-state index in [4.69, 9.17) is 9.84 Å². The first kappa shape index (κ1) is 19.1. The number of aromatic nitrogens is 4. The summed E-state index contributed by atoms with van der Waals surface area (Å²) in [5.41, 5.74) is 0.188. The summed E-state index contributed by atoms with van der Waals surface area (Å²) in [5.74, 6) is -2.17. The van der Waals surface area contributed by atoms with Gasteiger partial charge in [-0.2, -0.15) is 10.2 Å². The zero-order chi connectivity index (χ0) is 19.1. The van der Waals surface area contributed by atoms with Gasteiger partial charge in [-0.3, -0.25) is 14.3 Å². The van der Waals surface area contributed by atoms with Gasteiger partial charge in [0.25, 0.3) is 5.91 Å². The van der Waals surface area contributed by atoms with Gasteiger partial charge in [-0.15, -0.1) is 0 Å². The summed E-state index contributed by atoms with van der Waals surface area (Å²) < 4.78 is 7.44. The molecule has 2 aromatic heterocycles. The van der Waals surface area contributed by atoms with E-state index in [1.807, 2.05) is 6.92 Å². The molecule has 11 nitrogen and oxygen atoms in total. The molecule has 3 N–H and O–H groups in total. The summed E-state index contributed by atoms with van der Waals surface area (Å²) in [7, 11) is 1.52. The number of hydrogen-bond donors (Lipinski definition) is 3. The Bertz CT molecular complexity index is 796. The van der Waals surface area contributed by atoms with Gasteiger partial charge >= 0.3 is 5.97 Å². The lowest BCUT2D eigenvalue weighted by atomic mass is 10.3. The molecule has 0 saturated carbocycles. The van der Waals surface area contributed by atoms with Gasteiger partial charge < -0.3 is 20.5 Å². The number of carboxylic acids is 1. The second kappa shape index (κ2) is 8.76. The number of amides is 2. The highest BCUT2D eigenvalue weighted by Crippen LogP contribution is 2.14. The molecule has 0 saturated heterocycles. The molecule has 0 aromatic carbocycles. The monoisotopic (exact) mass is 364 g/mol. The van der Waals surface area contributed by atoms with Crippen molar-refractivity contribution in [2.75, 3.05) is 25.6 Å². The van der Waals surface area contributed by atoms with E-state index < -0.39 is 17.8 Å². The number of nitrogens with zero attached hydrogens (tertiary/aromatic N) is 4. The molecule has 2 rings (SSSR count). The Morgan fingerprint density at radius 1 is 1.35 bits per heavy atom. The van der Waals surface area contributed by atoms with Crippen molar-refractivity contribution in [3.8, 4) is 0 Å². The van der Waals surface area contributed by atoms with E-state index in [-0.39, 0.29) is 23.6 Å². The molecule has 0 aliphatic carbocycles. The smallest absolute Gasteiger partial charge is 0.354 e. The van der Waals surface area contributed by atoms with Crippen molar-refractivity contribution in [2.24, 2.45) is 0 Å². The third-order valence-corrected chi connectivity index (χ3v) is 3.40. The minimum Gasteiger partial charge on any atom is -0.477 e. The maximum absolute atomic E-state index is 12.2. The van der Waals surface area contributed by atoms with E-state index in [2.05, 4.69) is 20.8 Å². The summed E-state index contributed by atoms with van der Waals surface area (Å²) in [6, 6.07) is 1.29. The molecule has 2 aromatic rings. The van der Waals surface area contributed by atoms with Gasteiger partial charge in [-0.25, -0.2) is 9.48 Å². The van der Waals surface area contributed by atoms with Gasteiger partial charge in [0.15, 0.2) is 5.69 Å². The van der Waals surface area contributed by atoms with Crippen LogP contribution >= 0.6 is 0 Å². The molecule has 0 atom stereocenters. The molecule has 0 bridgehead atoms. The molecule has 0 aliphatic heterocycles. The fraction of sp³-hybridized carbons (Fsp3) is 0.400. The van der Waals surface area contributed by atoms with E-state index in [9.17, 15) is 14.4 Å². The van der Waals surface area contributed by atoms with Gasteiger partial charge in [-0.1, -0.05) is 0 Å². The molecule has 2 heterocycles. The van der Waals surface area contributed by atoms with Crippen LogP contribution in [0.5, 0.6) is 0 Å². The summed E-state index contributed by atoms with van der Waals surface area (Å²) in [4.78, 5) is 35.5. The SMILES string of the molecule is CCn1cc(NC(=O)Cn2nccc2C(=O)O)c(C(=O)NCCOC)n1. The quantitative estimate of drug-likeness (QED) is 0.524. The van der Waals surface area contributed by atoms with Crippen LogP contribution in [0.1, 0.15) is 27.9 Å². The van der Waals surface area contributed by atoms with Gasteiger partial charge in [0, 0.05) is 32.6 Å². The van der Waals surface area contributed by atoms with E-state index >= 15 is 0 Å². The van der Waals surface area contributed by atoms with Crippen molar-refractivity contribution in [1.82, 2.24) is 24.9 Å². The van der Waals surface area contributed by atoms with Crippen molar-refractivity contribution in [3.05, 3.63) is 29.8 Å². The summed E-state index contributed by atoms with van der Waals surface area (Å²) in [6.07, 6.45) is 2.82. The number of carboxylic acid groups (broad SMARTS) is 1. The zero-order valence-corrected chi connectivity index (χ0v) is 14.4. The second-order valence-electron chi connectivity index (χ2n) is 5.22. The van der Waals surface area contributed by atoms with Crippen molar-refractivity contribution >= 4 is 23.5 Å². The van der Waals surface area contributed by atoms with Crippen LogP contribution in [0.15, 0.2) is 18.5 Å². The number of hydrogen-bond acceptors (Lipinski definition) is 6. The Hall–Kier alpha value is -3.21. The maximum atomic E-state index is 12.2. The molecule has 11 heteroatoms. The van der Waals surface area contributed by atoms with E-state index in [1.165, 1.54) is 30.3 Å². The first-order chi connectivity index (χ1) is 12.5. The van der Waals surface area contributed by atoms with Gasteiger partial charge in [-0.05, 0) is 13.0 Å². The molecular weight excluding hydrogens is 344 g/mol. The molecule has 0 spiro atoms. The average Bonchev–Trinajstić information content (AvgIpc) is 3.21. The largest absolute Gasteiger partial charge is 0.477 e. The van der Waals surface area contributed by atoms with Gasteiger partial charge in [0.05, 0.1) is 12.3 Å². The Balaban J connectivity index is 2.11. The third kappa shape index (κ3) is 4.66. The standard InChI is InChI=1S/C15H20N6O5/c1-3-20-8-10(13(19-20)14(23)16-6-7-26-2)18-12(22)9-21-11(15(24)25)4-5-17-21/h4-5,8H,3,6-7,9H2,1-2H3,(H,16,23)(H,18,22)(H,24,25). The molecule has 0 radical (unpaired) electrons. The predicted octanol–water partition coefficient (Wildman–Crippen LogP) is -0.187. The number of aromatic carboxylic acids is 1. The highest BCUT2D eigenvalue weighted by atomic mass is 16.5. The summed E-state index contributed by atoms with van der Waals surface area (Å²) in [6.45, 7) is 2.69. The van der Waals surface area contributed by atoms with Crippen LogP contribution in [0.25, 0.3) is 0 Å². The van der Waals surface area contributed by atoms with E-state index in [1.54, 1.807) is 0 Å². The predicted molar refractivity (Wildman–Crippen MR) is 89.9 cm³/mol. The fourth-order valence-corrected chi connectivity index (χ4v) is 2.16.